The molecular formula is C17H24N2O3S. The summed E-state index contributed by atoms with van der Waals surface area (Å²) in [4.78, 5) is 25.9. The summed E-state index contributed by atoms with van der Waals surface area (Å²) in [7, 11) is 0. The van der Waals surface area contributed by atoms with Crippen molar-refractivity contribution >= 4 is 23.6 Å². The number of nitrogens with zero attached hydrogens (tertiary/aromatic N) is 1. The van der Waals surface area contributed by atoms with Gasteiger partial charge in [-0.3, -0.25) is 14.5 Å². The number of carboxylic acid groups (broad SMARTS) is 1. The lowest BCUT2D eigenvalue weighted by Gasteiger charge is -2.42. The molecule has 0 bridgehead atoms. The van der Waals surface area contributed by atoms with Crippen molar-refractivity contribution in [2.45, 2.75) is 43.7 Å². The number of likely N-dealkylation sites (N-methyl/N-ethyl adjacent to an activating group) is 1. The first-order chi connectivity index (χ1) is 11.0. The highest BCUT2D eigenvalue weighted by atomic mass is 32.2. The summed E-state index contributed by atoms with van der Waals surface area (Å²) >= 11 is 1.55. The highest BCUT2D eigenvalue weighted by Gasteiger charge is 2.34. The monoisotopic (exact) mass is 336 g/mol. The molecule has 2 N–H and O–H groups in total. The summed E-state index contributed by atoms with van der Waals surface area (Å²) in [6.45, 7) is 4.80. The molecule has 0 aliphatic heterocycles. The Morgan fingerprint density at radius 3 is 2.65 bits per heavy atom. The molecule has 5 nitrogen and oxygen atoms in total. The SMILES string of the molecule is CCN(CC(=O)O)C1CC(NC(=O)CSc2ccccc2C)C1. The van der Waals surface area contributed by atoms with Crippen LogP contribution in [0, 0.1) is 6.92 Å². The summed E-state index contributed by atoms with van der Waals surface area (Å²) in [5.74, 6) is -0.338. The van der Waals surface area contributed by atoms with Gasteiger partial charge in [-0.25, -0.2) is 0 Å². The van der Waals surface area contributed by atoms with Gasteiger partial charge in [0.15, 0.2) is 0 Å². The maximum Gasteiger partial charge on any atom is 0.317 e. The molecule has 1 aromatic rings. The van der Waals surface area contributed by atoms with E-state index < -0.39 is 5.97 Å². The van der Waals surface area contributed by atoms with Gasteiger partial charge in [-0.1, -0.05) is 25.1 Å². The molecule has 0 radical (unpaired) electrons. The van der Waals surface area contributed by atoms with E-state index in [-0.39, 0.29) is 24.5 Å². The maximum absolute atomic E-state index is 12.0. The Bertz CT molecular complexity index is 559. The molecule has 0 heterocycles. The van der Waals surface area contributed by atoms with Gasteiger partial charge in [0.05, 0.1) is 12.3 Å². The van der Waals surface area contributed by atoms with Crippen molar-refractivity contribution in [3.63, 3.8) is 0 Å². The third kappa shape index (κ3) is 5.25. The Hall–Kier alpha value is -1.53. The van der Waals surface area contributed by atoms with E-state index >= 15 is 0 Å². The Morgan fingerprint density at radius 1 is 1.35 bits per heavy atom. The molecule has 0 aromatic heterocycles. The van der Waals surface area contributed by atoms with Crippen LogP contribution in [0.15, 0.2) is 29.2 Å². The fourth-order valence-corrected chi connectivity index (χ4v) is 3.65. The molecule has 2 rings (SSSR count). The molecule has 1 aliphatic carbocycles. The van der Waals surface area contributed by atoms with Crippen LogP contribution in [0.1, 0.15) is 25.3 Å². The number of nitrogens with one attached hydrogen (secondary N) is 1. The molecule has 23 heavy (non-hydrogen) atoms. The van der Waals surface area contributed by atoms with E-state index in [2.05, 4.69) is 5.32 Å². The fraction of sp³-hybridized carbons (Fsp3) is 0.529. The van der Waals surface area contributed by atoms with Gasteiger partial charge in [0.2, 0.25) is 5.91 Å². The van der Waals surface area contributed by atoms with Crippen molar-refractivity contribution in [3.05, 3.63) is 29.8 Å². The minimum Gasteiger partial charge on any atom is -0.480 e. The quantitative estimate of drug-likeness (QED) is 0.712. The summed E-state index contributed by atoms with van der Waals surface area (Å²) in [5.41, 5.74) is 1.18. The molecule has 6 heteroatoms. The average Bonchev–Trinajstić information content (AvgIpc) is 2.47. The van der Waals surface area contributed by atoms with Crippen LogP contribution in [0.25, 0.3) is 0 Å². The largest absolute Gasteiger partial charge is 0.480 e. The highest BCUT2D eigenvalue weighted by molar-refractivity contribution is 8.00. The highest BCUT2D eigenvalue weighted by Crippen LogP contribution is 2.26. The van der Waals surface area contributed by atoms with Crippen LogP contribution in [0.5, 0.6) is 0 Å². The zero-order valence-electron chi connectivity index (χ0n) is 13.6. The lowest BCUT2D eigenvalue weighted by molar-refractivity contribution is -0.139. The number of benzene rings is 1. The van der Waals surface area contributed by atoms with E-state index in [0.717, 1.165) is 24.3 Å². The van der Waals surface area contributed by atoms with Gasteiger partial charge in [0.25, 0.3) is 0 Å². The van der Waals surface area contributed by atoms with Crippen molar-refractivity contribution in [1.29, 1.82) is 0 Å². The van der Waals surface area contributed by atoms with Crippen molar-refractivity contribution in [2.75, 3.05) is 18.8 Å². The Balaban J connectivity index is 1.70. The van der Waals surface area contributed by atoms with Crippen LogP contribution in [-0.2, 0) is 9.59 Å². The number of rotatable bonds is 8. The standard InChI is InChI=1S/C17H24N2O3S/c1-3-19(10-17(21)22)14-8-13(9-14)18-16(20)11-23-15-7-5-4-6-12(15)2/h4-7,13-14H,3,8-11H2,1-2H3,(H,18,20)(H,21,22). The number of amides is 1. The molecule has 0 spiro atoms. The number of carbonyl (C=O) groups excluding carboxylic acids is 1. The molecule has 0 unspecified atom stereocenters. The van der Waals surface area contributed by atoms with Crippen LogP contribution in [0.2, 0.25) is 0 Å². The third-order valence-electron chi connectivity index (χ3n) is 4.19. The van der Waals surface area contributed by atoms with Gasteiger partial charge in [-0.2, -0.15) is 0 Å². The summed E-state index contributed by atoms with van der Waals surface area (Å²) in [6, 6.07) is 8.48. The van der Waals surface area contributed by atoms with E-state index in [1.807, 2.05) is 43.0 Å². The first kappa shape index (κ1) is 17.8. The molecule has 0 atom stereocenters. The second-order valence-electron chi connectivity index (χ2n) is 5.90. The number of carbonyl (C=O) groups is 2. The third-order valence-corrected chi connectivity index (χ3v) is 5.37. The van der Waals surface area contributed by atoms with Gasteiger partial charge in [0.1, 0.15) is 0 Å². The molecule has 0 saturated heterocycles. The van der Waals surface area contributed by atoms with Gasteiger partial charge in [0, 0.05) is 17.0 Å². The first-order valence-corrected chi connectivity index (χ1v) is 8.91. The number of aliphatic carboxylic acids is 1. The minimum absolute atomic E-state index is 0.0444. The Labute approximate surface area is 141 Å². The van der Waals surface area contributed by atoms with Crippen molar-refractivity contribution in [3.8, 4) is 0 Å². The smallest absolute Gasteiger partial charge is 0.317 e. The van der Waals surface area contributed by atoms with Crippen molar-refractivity contribution in [2.24, 2.45) is 0 Å². The van der Waals surface area contributed by atoms with Crippen LogP contribution in [0.4, 0.5) is 0 Å². The molecule has 1 amide bonds. The lowest BCUT2D eigenvalue weighted by Crippen LogP contribution is -2.55. The summed E-state index contributed by atoms with van der Waals surface area (Å²) in [5, 5.41) is 11.9. The first-order valence-electron chi connectivity index (χ1n) is 7.93. The summed E-state index contributed by atoms with van der Waals surface area (Å²) < 4.78 is 0. The number of thioether (sulfide) groups is 1. The number of hydrogen-bond acceptors (Lipinski definition) is 4. The summed E-state index contributed by atoms with van der Waals surface area (Å²) in [6.07, 6.45) is 1.67. The van der Waals surface area contributed by atoms with E-state index in [4.69, 9.17) is 5.11 Å². The number of carboxylic acids is 1. The molecule has 126 valence electrons. The fourth-order valence-electron chi connectivity index (χ4n) is 2.81. The van der Waals surface area contributed by atoms with Crippen LogP contribution < -0.4 is 5.32 Å². The average molecular weight is 336 g/mol. The van der Waals surface area contributed by atoms with Gasteiger partial charge < -0.3 is 10.4 Å². The van der Waals surface area contributed by atoms with Gasteiger partial charge in [-0.05, 0) is 37.9 Å². The topological polar surface area (TPSA) is 69.6 Å². The zero-order chi connectivity index (χ0) is 16.8. The Morgan fingerprint density at radius 2 is 2.04 bits per heavy atom. The lowest BCUT2D eigenvalue weighted by atomic mass is 9.85. The molecule has 1 aliphatic rings. The number of hydrogen-bond donors (Lipinski definition) is 2. The van der Waals surface area contributed by atoms with E-state index in [1.165, 1.54) is 5.56 Å². The van der Waals surface area contributed by atoms with E-state index in [9.17, 15) is 9.59 Å². The van der Waals surface area contributed by atoms with E-state index in [1.54, 1.807) is 11.8 Å². The van der Waals surface area contributed by atoms with Crippen LogP contribution in [0.3, 0.4) is 0 Å². The minimum atomic E-state index is -0.797. The molecule has 1 saturated carbocycles. The molecule has 1 aromatic carbocycles. The molecular weight excluding hydrogens is 312 g/mol. The zero-order valence-corrected chi connectivity index (χ0v) is 14.4. The normalized spacial score (nSPS) is 20.1. The van der Waals surface area contributed by atoms with E-state index in [0.29, 0.717) is 5.75 Å². The second-order valence-corrected chi connectivity index (χ2v) is 6.92. The maximum atomic E-state index is 12.0. The number of aryl methyl sites for hydroxylation is 1. The second kappa shape index (κ2) is 8.36. The van der Waals surface area contributed by atoms with Crippen molar-refractivity contribution in [1.82, 2.24) is 10.2 Å². The predicted octanol–water partition coefficient (Wildman–Crippen LogP) is 2.14. The van der Waals surface area contributed by atoms with Gasteiger partial charge in [-0.15, -0.1) is 11.8 Å². The van der Waals surface area contributed by atoms with Crippen LogP contribution >= 0.6 is 11.8 Å². The molecule has 1 fully saturated rings. The Kier molecular flexibility index (Phi) is 6.47. The van der Waals surface area contributed by atoms with Gasteiger partial charge >= 0.3 is 5.97 Å². The van der Waals surface area contributed by atoms with Crippen LogP contribution in [-0.4, -0.2) is 52.8 Å². The predicted molar refractivity (Wildman–Crippen MR) is 91.7 cm³/mol. The van der Waals surface area contributed by atoms with Crippen molar-refractivity contribution < 1.29 is 14.7 Å².